The zero-order valence-electron chi connectivity index (χ0n) is 9.86. The molecule has 0 radical (unpaired) electrons. The van der Waals surface area contributed by atoms with E-state index < -0.39 is 0 Å². The molecule has 1 aliphatic rings. The first kappa shape index (κ1) is 12.7. The van der Waals surface area contributed by atoms with Crippen molar-refractivity contribution in [2.24, 2.45) is 0 Å². The fourth-order valence-electron chi connectivity index (χ4n) is 2.02. The van der Waals surface area contributed by atoms with Crippen LogP contribution in [0.5, 0.6) is 0 Å². The third kappa shape index (κ3) is 4.58. The molecule has 4 nitrogen and oxygen atoms in total. The summed E-state index contributed by atoms with van der Waals surface area (Å²) in [6.45, 7) is 2.42. The summed E-state index contributed by atoms with van der Waals surface area (Å²) >= 11 is 5.69. The van der Waals surface area contributed by atoms with Gasteiger partial charge in [-0.3, -0.25) is 0 Å². The Kier molecular flexibility index (Phi) is 5.16. The monoisotopic (exact) mass is 255 g/mol. The molecule has 0 spiro atoms. The standard InChI is InChI=1S/C12H18ClN3O/c13-12-15-7-4-11(16-12)9-17-8-5-10-3-1-2-6-14-10/h4,7,10,14H,1-3,5-6,8-9H2/t10-/m1/s1. The summed E-state index contributed by atoms with van der Waals surface area (Å²) in [5.74, 6) is 0. The van der Waals surface area contributed by atoms with E-state index in [2.05, 4.69) is 15.3 Å². The number of nitrogens with one attached hydrogen (secondary N) is 1. The summed E-state index contributed by atoms with van der Waals surface area (Å²) < 4.78 is 5.59. The minimum absolute atomic E-state index is 0.278. The summed E-state index contributed by atoms with van der Waals surface area (Å²) in [7, 11) is 0. The number of hydrogen-bond acceptors (Lipinski definition) is 4. The highest BCUT2D eigenvalue weighted by molar-refractivity contribution is 6.28. The first-order chi connectivity index (χ1) is 8.34. The lowest BCUT2D eigenvalue weighted by Gasteiger charge is -2.23. The molecular weight excluding hydrogens is 238 g/mol. The number of nitrogens with zero attached hydrogens (tertiary/aromatic N) is 2. The molecule has 2 rings (SSSR count). The van der Waals surface area contributed by atoms with Gasteiger partial charge in [-0.15, -0.1) is 0 Å². The Hall–Kier alpha value is -0.710. The van der Waals surface area contributed by atoms with E-state index in [-0.39, 0.29) is 5.28 Å². The van der Waals surface area contributed by atoms with Crippen LogP contribution in [0, 0.1) is 0 Å². The van der Waals surface area contributed by atoms with Crippen molar-refractivity contribution < 1.29 is 4.74 Å². The van der Waals surface area contributed by atoms with Crippen molar-refractivity contribution in [3.63, 3.8) is 0 Å². The summed E-state index contributed by atoms with van der Waals surface area (Å²) in [6, 6.07) is 2.45. The second-order valence-electron chi connectivity index (χ2n) is 4.31. The van der Waals surface area contributed by atoms with Gasteiger partial charge >= 0.3 is 0 Å². The molecule has 0 aromatic carbocycles. The summed E-state index contributed by atoms with van der Waals surface area (Å²) in [5.41, 5.74) is 0.835. The SMILES string of the molecule is Clc1nccc(COCC[C@H]2CCCCN2)n1. The molecule has 0 bridgehead atoms. The summed E-state index contributed by atoms with van der Waals surface area (Å²) in [5, 5.41) is 3.78. The van der Waals surface area contributed by atoms with Crippen LogP contribution < -0.4 is 5.32 Å². The van der Waals surface area contributed by atoms with E-state index in [0.717, 1.165) is 25.3 Å². The van der Waals surface area contributed by atoms with E-state index in [1.807, 2.05) is 6.07 Å². The van der Waals surface area contributed by atoms with Gasteiger partial charge in [0.15, 0.2) is 0 Å². The van der Waals surface area contributed by atoms with Crippen LogP contribution in [0.4, 0.5) is 0 Å². The van der Waals surface area contributed by atoms with Gasteiger partial charge in [0.05, 0.1) is 12.3 Å². The molecule has 1 aromatic rings. The molecule has 1 aromatic heterocycles. The zero-order chi connectivity index (χ0) is 11.9. The first-order valence-corrected chi connectivity index (χ1v) is 6.51. The second-order valence-corrected chi connectivity index (χ2v) is 4.64. The van der Waals surface area contributed by atoms with E-state index in [0.29, 0.717) is 12.6 Å². The van der Waals surface area contributed by atoms with Crippen LogP contribution in [-0.2, 0) is 11.3 Å². The molecule has 0 unspecified atom stereocenters. The van der Waals surface area contributed by atoms with Crippen LogP contribution in [0.25, 0.3) is 0 Å². The normalized spacial score (nSPS) is 20.4. The van der Waals surface area contributed by atoms with Crippen molar-refractivity contribution in [2.45, 2.75) is 38.3 Å². The van der Waals surface area contributed by atoms with Crippen LogP contribution in [0.1, 0.15) is 31.4 Å². The first-order valence-electron chi connectivity index (χ1n) is 6.13. The van der Waals surface area contributed by atoms with Crippen molar-refractivity contribution in [1.82, 2.24) is 15.3 Å². The van der Waals surface area contributed by atoms with E-state index in [1.165, 1.54) is 19.3 Å². The lowest BCUT2D eigenvalue weighted by molar-refractivity contribution is 0.106. The van der Waals surface area contributed by atoms with Gasteiger partial charge in [-0.1, -0.05) is 6.42 Å². The molecule has 1 atom stereocenters. The third-order valence-electron chi connectivity index (χ3n) is 2.96. The second kappa shape index (κ2) is 6.89. The van der Waals surface area contributed by atoms with Crippen LogP contribution >= 0.6 is 11.6 Å². The lowest BCUT2D eigenvalue weighted by atomic mass is 10.0. The quantitative estimate of drug-likeness (QED) is 0.647. The number of piperidine rings is 1. The Balaban J connectivity index is 1.62. The molecule has 94 valence electrons. The maximum absolute atomic E-state index is 5.69. The Morgan fingerprint density at radius 3 is 3.18 bits per heavy atom. The predicted molar refractivity (Wildman–Crippen MR) is 67.0 cm³/mol. The fourth-order valence-corrected chi connectivity index (χ4v) is 2.19. The van der Waals surface area contributed by atoms with Gasteiger partial charge in [-0.25, -0.2) is 9.97 Å². The number of halogens is 1. The van der Waals surface area contributed by atoms with E-state index in [1.54, 1.807) is 6.20 Å². The van der Waals surface area contributed by atoms with Gasteiger partial charge in [0.2, 0.25) is 5.28 Å². The minimum Gasteiger partial charge on any atom is -0.375 e. The van der Waals surface area contributed by atoms with E-state index >= 15 is 0 Å². The number of hydrogen-bond donors (Lipinski definition) is 1. The van der Waals surface area contributed by atoms with E-state index in [9.17, 15) is 0 Å². The average Bonchev–Trinajstić information content (AvgIpc) is 2.36. The molecule has 1 aliphatic heterocycles. The van der Waals surface area contributed by atoms with Crippen LogP contribution in [0.3, 0.4) is 0 Å². The van der Waals surface area contributed by atoms with Gasteiger partial charge in [-0.05, 0) is 43.5 Å². The molecule has 5 heteroatoms. The Morgan fingerprint density at radius 1 is 1.47 bits per heavy atom. The van der Waals surface area contributed by atoms with Gasteiger partial charge < -0.3 is 10.1 Å². The van der Waals surface area contributed by atoms with E-state index in [4.69, 9.17) is 16.3 Å². The van der Waals surface area contributed by atoms with Crippen LogP contribution in [-0.4, -0.2) is 29.2 Å². The van der Waals surface area contributed by atoms with Gasteiger partial charge in [-0.2, -0.15) is 0 Å². The zero-order valence-corrected chi connectivity index (χ0v) is 10.6. The Labute approximate surface area is 107 Å². The van der Waals surface area contributed by atoms with Gasteiger partial charge in [0.1, 0.15) is 0 Å². The van der Waals surface area contributed by atoms with Gasteiger partial charge in [0, 0.05) is 18.8 Å². The molecule has 1 saturated heterocycles. The lowest BCUT2D eigenvalue weighted by Crippen LogP contribution is -2.34. The van der Waals surface area contributed by atoms with Crippen molar-refractivity contribution in [1.29, 1.82) is 0 Å². The third-order valence-corrected chi connectivity index (χ3v) is 3.14. The molecule has 17 heavy (non-hydrogen) atoms. The maximum Gasteiger partial charge on any atom is 0.222 e. The minimum atomic E-state index is 0.278. The number of aromatic nitrogens is 2. The average molecular weight is 256 g/mol. The Bertz CT molecular complexity index is 342. The highest BCUT2D eigenvalue weighted by Crippen LogP contribution is 2.10. The number of ether oxygens (including phenoxy) is 1. The molecule has 0 saturated carbocycles. The summed E-state index contributed by atoms with van der Waals surface area (Å²) in [4.78, 5) is 7.90. The molecule has 1 fully saturated rings. The molecule has 0 amide bonds. The largest absolute Gasteiger partial charge is 0.375 e. The topological polar surface area (TPSA) is 47.0 Å². The smallest absolute Gasteiger partial charge is 0.222 e. The fraction of sp³-hybridized carbons (Fsp3) is 0.667. The van der Waals surface area contributed by atoms with Crippen molar-refractivity contribution in [2.75, 3.05) is 13.2 Å². The Morgan fingerprint density at radius 2 is 2.41 bits per heavy atom. The number of rotatable bonds is 5. The predicted octanol–water partition coefficient (Wildman–Crippen LogP) is 2.18. The maximum atomic E-state index is 5.69. The van der Waals surface area contributed by atoms with Crippen molar-refractivity contribution in [3.05, 3.63) is 23.2 Å². The highest BCUT2D eigenvalue weighted by atomic mass is 35.5. The van der Waals surface area contributed by atoms with Crippen molar-refractivity contribution in [3.8, 4) is 0 Å². The summed E-state index contributed by atoms with van der Waals surface area (Å²) in [6.07, 6.45) is 6.62. The molecule has 0 aliphatic carbocycles. The van der Waals surface area contributed by atoms with Crippen LogP contribution in [0.2, 0.25) is 5.28 Å². The van der Waals surface area contributed by atoms with Crippen LogP contribution in [0.15, 0.2) is 12.3 Å². The molecule has 2 heterocycles. The molecule has 1 N–H and O–H groups in total. The highest BCUT2D eigenvalue weighted by Gasteiger charge is 2.11. The molecular formula is C12H18ClN3O. The van der Waals surface area contributed by atoms with Crippen molar-refractivity contribution >= 4 is 11.6 Å². The van der Waals surface area contributed by atoms with Gasteiger partial charge in [0.25, 0.3) is 0 Å².